The highest BCUT2D eigenvalue weighted by Crippen LogP contribution is 2.49. The Morgan fingerprint density at radius 2 is 1.53 bits per heavy atom. The normalized spacial score (nSPS) is 15.1. The lowest BCUT2D eigenvalue weighted by molar-refractivity contribution is -0.384. The Morgan fingerprint density at radius 3 is 2.24 bits per heavy atom. The molecule has 1 unspecified atom stereocenters. The highest BCUT2D eigenvalue weighted by molar-refractivity contribution is 9.10. The van der Waals surface area contributed by atoms with E-state index in [0.717, 1.165) is 37.6 Å². The van der Waals surface area contributed by atoms with E-state index in [0.29, 0.717) is 5.75 Å². The summed E-state index contributed by atoms with van der Waals surface area (Å²) in [5, 5.41) is 14.6. The van der Waals surface area contributed by atoms with Crippen LogP contribution in [-0.2, 0) is 0 Å². The third-order valence-electron chi connectivity index (χ3n) is 5.39. The van der Waals surface area contributed by atoms with Crippen molar-refractivity contribution in [3.8, 4) is 5.75 Å². The minimum Gasteiger partial charge on any atom is -0.458 e. The molecule has 0 amide bonds. The topological polar surface area (TPSA) is 64.4 Å². The van der Waals surface area contributed by atoms with Crippen LogP contribution in [0.4, 0.5) is 11.4 Å². The van der Waals surface area contributed by atoms with Crippen molar-refractivity contribution in [2.75, 3.05) is 5.32 Å². The van der Waals surface area contributed by atoms with Gasteiger partial charge in [-0.2, -0.15) is 0 Å². The summed E-state index contributed by atoms with van der Waals surface area (Å²) in [4.78, 5) is 11.8. The van der Waals surface area contributed by atoms with Gasteiger partial charge in [0.2, 0.25) is 0 Å². The van der Waals surface area contributed by atoms with Gasteiger partial charge in [0.15, 0.2) is 0 Å². The summed E-state index contributed by atoms with van der Waals surface area (Å²) in [5.74, 6) is 1.26. The van der Waals surface area contributed by atoms with Crippen LogP contribution in [0.2, 0.25) is 0 Å². The first-order valence-corrected chi connectivity index (χ1v) is 12.3. The van der Waals surface area contributed by atoms with E-state index in [4.69, 9.17) is 4.74 Å². The second kappa shape index (κ2) is 9.75. The molecule has 1 N–H and O–H groups in total. The summed E-state index contributed by atoms with van der Waals surface area (Å²) >= 11 is 5.22. The number of thioether (sulfide) groups is 1. The second-order valence-corrected chi connectivity index (χ2v) is 9.69. The molecule has 7 heteroatoms. The highest BCUT2D eigenvalue weighted by Gasteiger charge is 2.29. The number of nitrogens with one attached hydrogen (secondary N) is 1. The van der Waals surface area contributed by atoms with Gasteiger partial charge in [-0.3, -0.25) is 10.1 Å². The Labute approximate surface area is 209 Å². The molecule has 34 heavy (non-hydrogen) atoms. The van der Waals surface area contributed by atoms with Gasteiger partial charge in [0.05, 0.1) is 21.6 Å². The third kappa shape index (κ3) is 4.71. The predicted molar refractivity (Wildman–Crippen MR) is 140 cm³/mol. The Bertz CT molecular complexity index is 1360. The maximum atomic E-state index is 11.1. The number of nitro benzene ring substituents is 1. The number of fused-ring (bicyclic) bond motifs is 1. The number of nitrogens with zero attached hydrogens (tertiary/aromatic N) is 1. The van der Waals surface area contributed by atoms with Gasteiger partial charge in [0.25, 0.3) is 5.69 Å². The highest BCUT2D eigenvalue weighted by atomic mass is 79.9. The zero-order valence-electron chi connectivity index (χ0n) is 17.9. The number of non-ortho nitro benzene ring substituents is 1. The summed E-state index contributed by atoms with van der Waals surface area (Å²) in [6, 6.07) is 32.6. The molecule has 0 spiro atoms. The first kappa shape index (κ1) is 22.3. The van der Waals surface area contributed by atoms with Gasteiger partial charge in [0.1, 0.15) is 11.5 Å². The largest absolute Gasteiger partial charge is 0.458 e. The predicted octanol–water partition coefficient (Wildman–Crippen LogP) is 8.06. The summed E-state index contributed by atoms with van der Waals surface area (Å²) in [7, 11) is 0. The van der Waals surface area contributed by atoms with E-state index in [1.165, 1.54) is 12.1 Å². The molecule has 0 aromatic heterocycles. The van der Waals surface area contributed by atoms with E-state index in [-0.39, 0.29) is 10.9 Å². The van der Waals surface area contributed by atoms with Gasteiger partial charge in [-0.05, 0) is 42.0 Å². The number of nitro groups is 1. The number of benzene rings is 4. The molecule has 0 radical (unpaired) electrons. The molecule has 1 heterocycles. The molecular weight excluding hydrogens is 512 g/mol. The van der Waals surface area contributed by atoms with Crippen LogP contribution in [0.1, 0.15) is 16.4 Å². The Balaban J connectivity index is 1.69. The molecule has 0 fully saturated rings. The average Bonchev–Trinajstić information content (AvgIpc) is 3.03. The van der Waals surface area contributed by atoms with Crippen molar-refractivity contribution in [2.45, 2.75) is 10.1 Å². The van der Waals surface area contributed by atoms with Crippen LogP contribution in [0.5, 0.6) is 5.75 Å². The summed E-state index contributed by atoms with van der Waals surface area (Å²) in [6.07, 6.45) is 0. The summed E-state index contributed by atoms with van der Waals surface area (Å²) in [6.45, 7) is 0. The molecule has 0 saturated carbocycles. The van der Waals surface area contributed by atoms with Crippen LogP contribution in [0.15, 0.2) is 118 Å². The molecule has 4 aromatic rings. The summed E-state index contributed by atoms with van der Waals surface area (Å²) in [5.41, 5.74) is 3.93. The average molecular weight is 531 g/mol. The lowest BCUT2D eigenvalue weighted by Crippen LogP contribution is -2.11. The number of rotatable bonds is 5. The molecule has 5 nitrogen and oxygen atoms in total. The van der Waals surface area contributed by atoms with Crippen LogP contribution in [0, 0.1) is 10.1 Å². The van der Waals surface area contributed by atoms with Crippen LogP contribution >= 0.6 is 27.7 Å². The van der Waals surface area contributed by atoms with Crippen molar-refractivity contribution in [1.29, 1.82) is 0 Å². The number of ether oxygens (including phenoxy) is 1. The minimum absolute atomic E-state index is 0.0230. The van der Waals surface area contributed by atoms with Gasteiger partial charge < -0.3 is 10.1 Å². The van der Waals surface area contributed by atoms with Crippen molar-refractivity contribution in [3.63, 3.8) is 0 Å². The van der Waals surface area contributed by atoms with Gasteiger partial charge in [-0.1, -0.05) is 70.5 Å². The van der Waals surface area contributed by atoms with Gasteiger partial charge >= 0.3 is 0 Å². The van der Waals surface area contributed by atoms with E-state index < -0.39 is 4.92 Å². The summed E-state index contributed by atoms with van der Waals surface area (Å²) < 4.78 is 7.51. The fraction of sp³-hybridized carbons (Fsp3) is 0.0370. The number of hydrogen-bond donors (Lipinski definition) is 1. The number of halogens is 1. The molecule has 0 aliphatic carbocycles. The van der Waals surface area contributed by atoms with Crippen LogP contribution < -0.4 is 10.1 Å². The standard InChI is InChI=1S/C27H19BrN2O3S/c28-20-12-10-18(11-13-20)25-26(33-22-16-14-21(15-17-22)30(31)32)27(19-6-2-1-3-7-19)34-24-9-5-4-8-23(24)29-25/h1-17,27,29H. The molecule has 0 saturated heterocycles. The molecule has 5 rings (SSSR count). The lowest BCUT2D eigenvalue weighted by atomic mass is 10.0. The maximum absolute atomic E-state index is 11.1. The van der Waals surface area contributed by atoms with Crippen molar-refractivity contribution in [1.82, 2.24) is 0 Å². The zero-order chi connectivity index (χ0) is 23.5. The zero-order valence-corrected chi connectivity index (χ0v) is 20.3. The molecule has 0 bridgehead atoms. The minimum atomic E-state index is -0.414. The van der Waals surface area contributed by atoms with Crippen LogP contribution in [0.3, 0.4) is 0 Å². The Morgan fingerprint density at radius 1 is 0.853 bits per heavy atom. The van der Waals surface area contributed by atoms with E-state index in [1.807, 2.05) is 54.6 Å². The molecule has 4 aromatic carbocycles. The van der Waals surface area contributed by atoms with E-state index >= 15 is 0 Å². The molecule has 1 aliphatic rings. The molecular formula is C27H19BrN2O3S. The first-order valence-electron chi connectivity index (χ1n) is 10.6. The second-order valence-electron chi connectivity index (χ2n) is 7.63. The SMILES string of the molecule is O=[N+]([O-])c1ccc(OC2=C(c3ccc(Br)cc3)Nc3ccccc3SC2c2ccccc2)cc1. The molecule has 1 atom stereocenters. The van der Waals surface area contributed by atoms with Crippen molar-refractivity contribution < 1.29 is 9.66 Å². The number of hydrogen-bond acceptors (Lipinski definition) is 5. The van der Waals surface area contributed by atoms with E-state index in [9.17, 15) is 10.1 Å². The third-order valence-corrected chi connectivity index (χ3v) is 7.25. The quantitative estimate of drug-likeness (QED) is 0.208. The monoisotopic (exact) mass is 530 g/mol. The maximum Gasteiger partial charge on any atom is 0.269 e. The fourth-order valence-electron chi connectivity index (χ4n) is 3.73. The van der Waals surface area contributed by atoms with Gasteiger partial charge in [-0.15, -0.1) is 11.8 Å². The van der Waals surface area contributed by atoms with Crippen molar-refractivity contribution in [3.05, 3.63) is 135 Å². The number of anilines is 1. The van der Waals surface area contributed by atoms with Crippen LogP contribution in [0.25, 0.3) is 5.70 Å². The van der Waals surface area contributed by atoms with Crippen LogP contribution in [-0.4, -0.2) is 4.92 Å². The Hall–Kier alpha value is -3.55. The first-order chi connectivity index (χ1) is 16.6. The lowest BCUT2D eigenvalue weighted by Gasteiger charge is -2.22. The Kier molecular flexibility index (Phi) is 6.38. The fourth-order valence-corrected chi connectivity index (χ4v) is 5.21. The van der Waals surface area contributed by atoms with E-state index in [2.05, 4.69) is 45.5 Å². The van der Waals surface area contributed by atoms with E-state index in [1.54, 1.807) is 23.9 Å². The smallest absolute Gasteiger partial charge is 0.269 e. The van der Waals surface area contributed by atoms with Crippen molar-refractivity contribution >= 4 is 44.8 Å². The molecule has 168 valence electrons. The molecule has 1 aliphatic heterocycles. The van der Waals surface area contributed by atoms with Gasteiger partial charge in [-0.25, -0.2) is 0 Å². The van der Waals surface area contributed by atoms with Gasteiger partial charge in [0, 0.05) is 27.1 Å². The van der Waals surface area contributed by atoms with Crippen molar-refractivity contribution in [2.24, 2.45) is 0 Å². The number of para-hydroxylation sites is 1.